The number of ether oxygens (including phenoxy) is 2. The molecule has 5 aromatic heterocycles. The number of benzene rings is 4. The van der Waals surface area contributed by atoms with Crippen molar-refractivity contribution in [3.05, 3.63) is 173 Å². The van der Waals surface area contributed by atoms with Gasteiger partial charge in [0.1, 0.15) is 45.9 Å². The average molecular weight is 692 g/mol. The van der Waals surface area contributed by atoms with Crippen LogP contribution in [0.1, 0.15) is 34.7 Å². The summed E-state index contributed by atoms with van der Waals surface area (Å²) in [5.74, 6) is 2.97. The van der Waals surface area contributed by atoms with Crippen molar-refractivity contribution in [2.75, 3.05) is 0 Å². The molecule has 1 N–H and O–H groups in total. The van der Waals surface area contributed by atoms with Crippen LogP contribution in [0.25, 0.3) is 67.4 Å². The molecule has 0 radical (unpaired) electrons. The van der Waals surface area contributed by atoms with Crippen molar-refractivity contribution in [1.29, 1.82) is 0 Å². The molecule has 2 unspecified atom stereocenters. The zero-order valence-corrected chi connectivity index (χ0v) is 28.2. The van der Waals surface area contributed by atoms with E-state index < -0.39 is 12.2 Å². The van der Waals surface area contributed by atoms with E-state index in [1.54, 1.807) is 12.4 Å². The van der Waals surface area contributed by atoms with Crippen molar-refractivity contribution in [3.63, 3.8) is 0 Å². The minimum atomic E-state index is -0.565. The van der Waals surface area contributed by atoms with Crippen LogP contribution >= 0.6 is 0 Å². The number of hydrogen-bond acceptors (Lipinski definition) is 6. The summed E-state index contributed by atoms with van der Waals surface area (Å²) in [6.07, 6.45) is 11.0. The molecule has 9 aromatic rings. The Morgan fingerprint density at radius 2 is 1.60 bits per heavy atom. The van der Waals surface area contributed by atoms with E-state index >= 15 is 4.79 Å². The van der Waals surface area contributed by atoms with Crippen LogP contribution in [0.5, 0.6) is 11.5 Å². The first-order valence-corrected chi connectivity index (χ1v) is 17.6. The fraction of sp³-hybridized carbons (Fsp3) is 0.0667. The monoisotopic (exact) mass is 691 g/mol. The number of H-pyrrole nitrogens is 1. The van der Waals surface area contributed by atoms with E-state index in [0.717, 1.165) is 50.2 Å². The van der Waals surface area contributed by atoms with Crippen LogP contribution in [-0.2, 0) is 6.42 Å². The van der Waals surface area contributed by atoms with Gasteiger partial charge in [0, 0.05) is 64.4 Å². The highest BCUT2D eigenvalue weighted by Crippen LogP contribution is 2.48. The summed E-state index contributed by atoms with van der Waals surface area (Å²) in [5.41, 5.74) is 7.24. The maximum atomic E-state index is 15.7. The van der Waals surface area contributed by atoms with Crippen molar-refractivity contribution in [3.8, 4) is 45.3 Å². The summed E-state index contributed by atoms with van der Waals surface area (Å²) in [6.45, 7) is 0. The van der Waals surface area contributed by atoms with Gasteiger partial charge in [-0.2, -0.15) is 0 Å². The van der Waals surface area contributed by atoms with Crippen molar-refractivity contribution < 1.29 is 18.3 Å². The van der Waals surface area contributed by atoms with Crippen molar-refractivity contribution >= 4 is 33.5 Å². The minimum Gasteiger partial charge on any atom is -0.482 e. The normalized spacial score (nSPS) is 16.2. The number of nitrogens with one attached hydrogen (secondary N) is 1. The molecule has 0 saturated heterocycles. The van der Waals surface area contributed by atoms with Gasteiger partial charge in [0.15, 0.2) is 11.9 Å². The van der Waals surface area contributed by atoms with E-state index in [1.165, 1.54) is 0 Å². The van der Waals surface area contributed by atoms with E-state index in [-0.39, 0.29) is 5.43 Å². The van der Waals surface area contributed by atoms with Gasteiger partial charge in [-0.1, -0.05) is 66.7 Å². The SMILES string of the molecule is O=c1c(-c2cc3ccccc3o2)c(C2Cc3ccccc3O2)oc2cc(-c3ncc[nH]3)c(C3C=Cc4ccccc4O3)c(-c3ccn4ccccc34)c12. The maximum Gasteiger partial charge on any atom is 0.204 e. The highest BCUT2D eigenvalue weighted by Gasteiger charge is 2.35. The number of imidazole rings is 1. The Morgan fingerprint density at radius 1 is 0.755 bits per heavy atom. The zero-order valence-electron chi connectivity index (χ0n) is 28.2. The standard InChI is InChI=1S/C45H29N3O5/c49-43-41-37(53-44(38-24-28-11-3-6-15-34(28)52-38)42(43)36-23-27-10-2-5-14-33(27)51-36)25-30(45-46-19-20-47-45)39(35-17-16-26-9-1-4-13-32(26)50-35)40(41)29-18-22-48-21-8-7-12-31(29)48/h1-23,25,35,38H,24H2,(H,46,47). The molecule has 8 nitrogen and oxygen atoms in total. The Kier molecular flexibility index (Phi) is 6.42. The van der Waals surface area contributed by atoms with Crippen molar-refractivity contribution in [2.45, 2.75) is 18.6 Å². The number of furan rings is 1. The lowest BCUT2D eigenvalue weighted by Crippen LogP contribution is -2.17. The van der Waals surface area contributed by atoms with Crippen LogP contribution in [-0.4, -0.2) is 14.4 Å². The van der Waals surface area contributed by atoms with Crippen LogP contribution in [0.3, 0.4) is 0 Å². The van der Waals surface area contributed by atoms with Gasteiger partial charge in [-0.25, -0.2) is 4.98 Å². The third-order valence-corrected chi connectivity index (χ3v) is 10.4. The second-order valence-corrected chi connectivity index (χ2v) is 13.4. The lowest BCUT2D eigenvalue weighted by molar-refractivity contribution is 0.207. The first kappa shape index (κ1) is 29.6. The molecule has 0 fully saturated rings. The number of hydrogen-bond donors (Lipinski definition) is 1. The molecule has 254 valence electrons. The van der Waals surface area contributed by atoms with E-state index in [1.807, 2.05) is 122 Å². The lowest BCUT2D eigenvalue weighted by atomic mass is 9.86. The number of aromatic amines is 1. The second kappa shape index (κ2) is 11.5. The van der Waals surface area contributed by atoms with Crippen LogP contribution < -0.4 is 14.9 Å². The Balaban J connectivity index is 1.27. The number of rotatable bonds is 5. The number of fused-ring (bicyclic) bond motifs is 5. The summed E-state index contributed by atoms with van der Waals surface area (Å²) in [7, 11) is 0. The number of nitrogens with zero attached hydrogens (tertiary/aromatic N) is 2. The number of aromatic nitrogens is 3. The van der Waals surface area contributed by atoms with Crippen molar-refractivity contribution in [2.24, 2.45) is 0 Å². The molecule has 0 saturated carbocycles. The first-order valence-electron chi connectivity index (χ1n) is 17.6. The van der Waals surface area contributed by atoms with Crippen molar-refractivity contribution in [1.82, 2.24) is 14.4 Å². The molecule has 4 aromatic carbocycles. The molecular weight excluding hydrogens is 663 g/mol. The van der Waals surface area contributed by atoms with E-state index in [9.17, 15) is 0 Å². The van der Waals surface area contributed by atoms with Gasteiger partial charge in [0.25, 0.3) is 0 Å². The summed E-state index contributed by atoms with van der Waals surface area (Å²) < 4.78 is 28.9. The van der Waals surface area contributed by atoms with Gasteiger partial charge >= 0.3 is 0 Å². The van der Waals surface area contributed by atoms with Gasteiger partial charge in [0.2, 0.25) is 5.43 Å². The fourth-order valence-corrected chi connectivity index (χ4v) is 7.98. The van der Waals surface area contributed by atoms with Gasteiger partial charge in [0.05, 0.1) is 10.9 Å². The lowest BCUT2D eigenvalue weighted by Gasteiger charge is -2.27. The molecule has 11 rings (SSSR count). The topological polar surface area (TPSA) is 94.9 Å². The average Bonchev–Trinajstić information content (AvgIpc) is 4.03. The predicted octanol–water partition coefficient (Wildman–Crippen LogP) is 10.3. The van der Waals surface area contributed by atoms with Gasteiger partial charge in [-0.3, -0.25) is 4.79 Å². The summed E-state index contributed by atoms with van der Waals surface area (Å²) in [4.78, 5) is 23.7. The molecule has 2 aliphatic heterocycles. The molecule has 0 spiro atoms. The molecule has 2 aliphatic rings. The highest BCUT2D eigenvalue weighted by molar-refractivity contribution is 6.05. The molecule has 8 heteroatoms. The maximum absolute atomic E-state index is 15.7. The Hall–Kier alpha value is -7.06. The summed E-state index contributed by atoms with van der Waals surface area (Å²) >= 11 is 0. The highest BCUT2D eigenvalue weighted by atomic mass is 16.5. The quantitative estimate of drug-likeness (QED) is 0.193. The molecule has 0 bridgehead atoms. The predicted molar refractivity (Wildman–Crippen MR) is 204 cm³/mol. The van der Waals surface area contributed by atoms with Gasteiger partial charge in [-0.15, -0.1) is 0 Å². The third kappa shape index (κ3) is 4.62. The number of pyridine rings is 1. The fourth-order valence-electron chi connectivity index (χ4n) is 7.98. The molecule has 2 atom stereocenters. The molecule has 0 amide bonds. The van der Waals surface area contributed by atoms with Crippen LogP contribution in [0, 0.1) is 0 Å². The van der Waals surface area contributed by atoms with E-state index in [4.69, 9.17) is 23.3 Å². The number of para-hydroxylation sites is 3. The second-order valence-electron chi connectivity index (χ2n) is 13.4. The van der Waals surface area contributed by atoms with E-state index in [2.05, 4.69) is 21.5 Å². The summed E-state index contributed by atoms with van der Waals surface area (Å²) in [6, 6.07) is 35.5. The smallest absolute Gasteiger partial charge is 0.204 e. The molecule has 0 aliphatic carbocycles. The largest absolute Gasteiger partial charge is 0.482 e. The first-order chi connectivity index (χ1) is 26.2. The third-order valence-electron chi connectivity index (χ3n) is 10.4. The van der Waals surface area contributed by atoms with Gasteiger partial charge in [-0.05, 0) is 60.2 Å². The van der Waals surface area contributed by atoms with E-state index in [0.29, 0.717) is 51.4 Å². The Morgan fingerprint density at radius 3 is 2.49 bits per heavy atom. The van der Waals surface area contributed by atoms with Crippen LogP contribution in [0.4, 0.5) is 0 Å². The molecular formula is C45H29N3O5. The van der Waals surface area contributed by atoms with Crippen LogP contribution in [0.2, 0.25) is 0 Å². The minimum absolute atomic E-state index is 0.224. The molecule has 53 heavy (non-hydrogen) atoms. The van der Waals surface area contributed by atoms with Gasteiger partial charge < -0.3 is 27.7 Å². The Bertz CT molecular complexity index is 2930. The molecule has 7 heterocycles. The Labute approximate surface area is 302 Å². The van der Waals surface area contributed by atoms with Crippen LogP contribution in [0.15, 0.2) is 154 Å². The zero-order chi connectivity index (χ0) is 35.0. The summed E-state index contributed by atoms with van der Waals surface area (Å²) in [5, 5.41) is 1.30.